The second-order valence-corrected chi connectivity index (χ2v) is 6.70. The average Bonchev–Trinajstić information content (AvgIpc) is 3.28. The highest BCUT2D eigenvalue weighted by molar-refractivity contribution is 6.00. The van der Waals surface area contributed by atoms with Crippen LogP contribution in [0, 0.1) is 10.1 Å². The number of non-ortho nitro benzene ring substituents is 1. The number of hydrogen-bond donors (Lipinski definition) is 1. The van der Waals surface area contributed by atoms with Gasteiger partial charge in [0, 0.05) is 42.4 Å². The minimum Gasteiger partial charge on any atom is -0.461 e. The van der Waals surface area contributed by atoms with Crippen molar-refractivity contribution in [1.82, 2.24) is 9.88 Å². The molecule has 7 nitrogen and oxygen atoms in total. The molecular weight excluding hydrogens is 358 g/mol. The van der Waals surface area contributed by atoms with Gasteiger partial charge in [-0.15, -0.1) is 0 Å². The number of nitro groups is 1. The lowest BCUT2D eigenvalue weighted by molar-refractivity contribution is -0.383. The van der Waals surface area contributed by atoms with Gasteiger partial charge in [0.25, 0.3) is 11.6 Å². The van der Waals surface area contributed by atoms with Crippen molar-refractivity contribution in [2.45, 2.75) is 19.9 Å². The summed E-state index contributed by atoms with van der Waals surface area (Å²) in [5.41, 5.74) is 2.41. The van der Waals surface area contributed by atoms with Gasteiger partial charge in [0.2, 0.25) is 0 Å². The van der Waals surface area contributed by atoms with E-state index in [9.17, 15) is 14.9 Å². The Bertz CT molecular complexity index is 1210. The molecule has 0 aliphatic rings. The van der Waals surface area contributed by atoms with Crippen LogP contribution in [0.1, 0.15) is 28.7 Å². The molecule has 1 N–H and O–H groups in total. The van der Waals surface area contributed by atoms with Crippen molar-refractivity contribution in [2.75, 3.05) is 7.05 Å². The van der Waals surface area contributed by atoms with Crippen molar-refractivity contribution in [3.8, 4) is 0 Å². The Morgan fingerprint density at radius 3 is 2.75 bits per heavy atom. The number of para-hydroxylation sites is 2. The van der Waals surface area contributed by atoms with E-state index in [4.69, 9.17) is 4.42 Å². The molecule has 28 heavy (non-hydrogen) atoms. The summed E-state index contributed by atoms with van der Waals surface area (Å²) in [4.78, 5) is 28.2. The lowest BCUT2D eigenvalue weighted by Gasteiger charge is -2.16. The van der Waals surface area contributed by atoms with Gasteiger partial charge >= 0.3 is 0 Å². The van der Waals surface area contributed by atoms with Gasteiger partial charge in [0.1, 0.15) is 22.6 Å². The molecule has 142 valence electrons. The molecule has 0 atom stereocenters. The molecule has 0 saturated heterocycles. The molecule has 1 amide bonds. The third kappa shape index (κ3) is 2.90. The third-order valence-corrected chi connectivity index (χ3v) is 4.91. The molecule has 0 spiro atoms. The van der Waals surface area contributed by atoms with Crippen LogP contribution >= 0.6 is 0 Å². The van der Waals surface area contributed by atoms with Crippen molar-refractivity contribution in [3.05, 3.63) is 75.7 Å². The normalized spacial score (nSPS) is 11.2. The van der Waals surface area contributed by atoms with Crippen LogP contribution in [0.5, 0.6) is 0 Å². The zero-order valence-electron chi connectivity index (χ0n) is 15.6. The first-order valence-corrected chi connectivity index (χ1v) is 9.00. The Morgan fingerprint density at radius 1 is 1.21 bits per heavy atom. The van der Waals surface area contributed by atoms with Crippen LogP contribution in [0.4, 0.5) is 5.69 Å². The van der Waals surface area contributed by atoms with E-state index in [2.05, 4.69) is 4.98 Å². The quantitative estimate of drug-likeness (QED) is 0.404. The Labute approximate surface area is 160 Å². The van der Waals surface area contributed by atoms with Crippen molar-refractivity contribution in [3.63, 3.8) is 0 Å². The van der Waals surface area contributed by atoms with E-state index in [1.54, 1.807) is 30.1 Å². The Hall–Kier alpha value is -3.61. The van der Waals surface area contributed by atoms with E-state index in [0.717, 1.165) is 28.7 Å². The minimum atomic E-state index is -0.456. The number of aromatic nitrogens is 1. The lowest BCUT2D eigenvalue weighted by Crippen LogP contribution is -2.26. The molecule has 0 radical (unpaired) electrons. The molecular formula is C21H19N3O4. The van der Waals surface area contributed by atoms with Gasteiger partial charge in [0.05, 0.1) is 4.92 Å². The van der Waals surface area contributed by atoms with Crippen LogP contribution in [0.2, 0.25) is 0 Å². The summed E-state index contributed by atoms with van der Waals surface area (Å²) in [5.74, 6) is 0.617. The monoisotopic (exact) mass is 377 g/mol. The summed E-state index contributed by atoms with van der Waals surface area (Å²) in [7, 11) is 1.71. The van der Waals surface area contributed by atoms with Crippen LogP contribution < -0.4 is 0 Å². The molecule has 0 bridgehead atoms. The Morgan fingerprint density at radius 2 is 2.00 bits per heavy atom. The number of carbonyl (C=O) groups excluding carboxylic acids is 1. The van der Waals surface area contributed by atoms with Gasteiger partial charge in [-0.05, 0) is 12.1 Å². The maximum atomic E-state index is 13.0. The van der Waals surface area contributed by atoms with Gasteiger partial charge in [-0.1, -0.05) is 37.3 Å². The number of benzene rings is 2. The number of nitro benzene ring substituents is 1. The van der Waals surface area contributed by atoms with Crippen molar-refractivity contribution < 1.29 is 14.1 Å². The second kappa shape index (κ2) is 6.84. The van der Waals surface area contributed by atoms with E-state index < -0.39 is 4.92 Å². The fourth-order valence-corrected chi connectivity index (χ4v) is 3.53. The summed E-state index contributed by atoms with van der Waals surface area (Å²) in [5, 5.41) is 12.8. The number of furan rings is 1. The van der Waals surface area contributed by atoms with Gasteiger partial charge in [0.15, 0.2) is 0 Å². The average molecular weight is 377 g/mol. The number of rotatable bonds is 5. The smallest absolute Gasteiger partial charge is 0.293 e. The largest absolute Gasteiger partial charge is 0.461 e. The predicted molar refractivity (Wildman–Crippen MR) is 106 cm³/mol. The summed E-state index contributed by atoms with van der Waals surface area (Å²) >= 11 is 0. The number of nitrogens with zero attached hydrogens (tertiary/aromatic N) is 2. The van der Waals surface area contributed by atoms with Gasteiger partial charge in [-0.3, -0.25) is 14.9 Å². The molecule has 0 saturated carbocycles. The van der Waals surface area contributed by atoms with E-state index in [1.165, 1.54) is 6.07 Å². The van der Waals surface area contributed by atoms with E-state index in [1.807, 2.05) is 31.2 Å². The van der Waals surface area contributed by atoms with E-state index in [-0.39, 0.29) is 11.6 Å². The number of amides is 1. The molecule has 0 aliphatic carbocycles. The van der Waals surface area contributed by atoms with Crippen molar-refractivity contribution in [2.24, 2.45) is 0 Å². The first-order chi connectivity index (χ1) is 13.5. The molecule has 4 aromatic rings. The van der Waals surface area contributed by atoms with Gasteiger partial charge in [-0.2, -0.15) is 0 Å². The highest BCUT2D eigenvalue weighted by Crippen LogP contribution is 2.29. The predicted octanol–water partition coefficient (Wildman–Crippen LogP) is 4.66. The maximum Gasteiger partial charge on any atom is 0.293 e. The number of nitrogens with one attached hydrogen (secondary N) is 1. The first kappa shape index (κ1) is 17.8. The molecule has 0 aliphatic heterocycles. The van der Waals surface area contributed by atoms with Crippen molar-refractivity contribution in [1.29, 1.82) is 0 Å². The third-order valence-electron chi connectivity index (χ3n) is 4.91. The highest BCUT2D eigenvalue weighted by Gasteiger charge is 2.21. The Balaban J connectivity index is 1.67. The number of carbonyl (C=O) groups is 1. The summed E-state index contributed by atoms with van der Waals surface area (Å²) in [6.07, 6.45) is 0.727. The molecule has 0 fully saturated rings. The maximum absolute atomic E-state index is 13.0. The standard InChI is InChI=1S/C21H19N3O4/c1-3-18-15(14-8-4-5-10-19(14)28-18)12-23(2)21(25)16-11-13-7-6-9-17(24(26)27)20(13)22-16/h4-11,22H,3,12H2,1-2H3. The summed E-state index contributed by atoms with van der Waals surface area (Å²) < 4.78 is 5.90. The highest BCUT2D eigenvalue weighted by atomic mass is 16.6. The van der Waals surface area contributed by atoms with Crippen LogP contribution in [-0.2, 0) is 13.0 Å². The first-order valence-electron chi connectivity index (χ1n) is 9.00. The number of H-pyrrole nitrogens is 1. The number of hydrogen-bond acceptors (Lipinski definition) is 4. The van der Waals surface area contributed by atoms with Crippen LogP contribution in [-0.4, -0.2) is 27.8 Å². The number of fused-ring (bicyclic) bond motifs is 2. The van der Waals surface area contributed by atoms with Crippen LogP contribution in [0.15, 0.2) is 52.9 Å². The topological polar surface area (TPSA) is 92.4 Å². The van der Waals surface area contributed by atoms with E-state index >= 15 is 0 Å². The molecule has 2 aromatic carbocycles. The van der Waals surface area contributed by atoms with Crippen LogP contribution in [0.25, 0.3) is 21.9 Å². The zero-order valence-corrected chi connectivity index (χ0v) is 15.6. The molecule has 4 rings (SSSR count). The molecule has 2 heterocycles. The zero-order chi connectivity index (χ0) is 19.8. The van der Waals surface area contributed by atoms with E-state index in [0.29, 0.717) is 23.1 Å². The fraction of sp³-hybridized carbons (Fsp3) is 0.190. The lowest BCUT2D eigenvalue weighted by atomic mass is 10.1. The molecule has 7 heteroatoms. The number of aryl methyl sites for hydroxylation is 1. The molecule has 0 unspecified atom stereocenters. The van der Waals surface area contributed by atoms with Gasteiger partial charge < -0.3 is 14.3 Å². The summed E-state index contributed by atoms with van der Waals surface area (Å²) in [6, 6.07) is 14.2. The fourth-order valence-electron chi connectivity index (χ4n) is 3.53. The Kier molecular flexibility index (Phi) is 4.35. The minimum absolute atomic E-state index is 0.0479. The molecule has 2 aromatic heterocycles. The van der Waals surface area contributed by atoms with Gasteiger partial charge in [-0.25, -0.2) is 0 Å². The number of aromatic amines is 1. The second-order valence-electron chi connectivity index (χ2n) is 6.70. The summed E-state index contributed by atoms with van der Waals surface area (Å²) in [6.45, 7) is 2.40. The SMILES string of the molecule is CCc1oc2ccccc2c1CN(C)C(=O)c1cc2cccc([N+](=O)[O-])c2[nH]1. The van der Waals surface area contributed by atoms with Crippen LogP contribution in [0.3, 0.4) is 0 Å². The van der Waals surface area contributed by atoms with Crippen molar-refractivity contribution >= 4 is 33.5 Å².